The Labute approximate surface area is 133 Å². The van der Waals surface area contributed by atoms with E-state index in [4.69, 9.17) is 0 Å². The van der Waals surface area contributed by atoms with Crippen molar-refractivity contribution in [1.29, 1.82) is 0 Å². The average Bonchev–Trinajstić information content (AvgIpc) is 2.78. The van der Waals surface area contributed by atoms with Gasteiger partial charge < -0.3 is 5.11 Å². The van der Waals surface area contributed by atoms with E-state index in [0.29, 0.717) is 11.3 Å². The summed E-state index contributed by atoms with van der Waals surface area (Å²) in [5, 5.41) is 10.5. The number of sulfonamides is 1. The number of hydrogen-bond acceptors (Lipinski definition) is 4. The number of anilines is 1. The molecule has 0 saturated carbocycles. The molecular weight excluding hydrogens is 312 g/mol. The van der Waals surface area contributed by atoms with Gasteiger partial charge in [0.25, 0.3) is 10.0 Å². The Kier molecular flexibility index (Phi) is 2.89. The van der Waals surface area contributed by atoms with Crippen LogP contribution in [0.15, 0.2) is 54.7 Å². The summed E-state index contributed by atoms with van der Waals surface area (Å²) in [5.74, 6) is 0.0214. The van der Waals surface area contributed by atoms with Gasteiger partial charge in [-0.2, -0.15) is 0 Å². The summed E-state index contributed by atoms with van der Waals surface area (Å²) in [4.78, 5) is 4.42. The summed E-state index contributed by atoms with van der Waals surface area (Å²) < 4.78 is 27.3. The third-order valence-corrected chi connectivity index (χ3v) is 5.18. The van der Waals surface area contributed by atoms with Gasteiger partial charge in [-0.1, -0.05) is 18.2 Å². The molecule has 2 aromatic carbocycles. The van der Waals surface area contributed by atoms with Crippen LogP contribution in [0.25, 0.3) is 21.9 Å². The van der Waals surface area contributed by atoms with E-state index in [9.17, 15) is 13.5 Å². The number of aromatic nitrogens is 1. The number of hydrogen-bond donors (Lipinski definition) is 2. The molecule has 0 spiro atoms. The van der Waals surface area contributed by atoms with Crippen molar-refractivity contribution in [1.82, 2.24) is 4.98 Å². The van der Waals surface area contributed by atoms with Crippen LogP contribution in [0.2, 0.25) is 0 Å². The maximum absolute atomic E-state index is 12.4. The maximum Gasteiger partial charge on any atom is 0.262 e. The second-order valence-corrected chi connectivity index (χ2v) is 6.91. The van der Waals surface area contributed by atoms with Crippen LogP contribution in [0.3, 0.4) is 0 Å². The number of nitrogens with one attached hydrogen (secondary N) is 1. The van der Waals surface area contributed by atoms with Gasteiger partial charge in [0.05, 0.1) is 16.1 Å². The molecule has 5 nitrogen and oxygen atoms in total. The summed E-state index contributed by atoms with van der Waals surface area (Å²) in [5.41, 5.74) is 2.48. The maximum atomic E-state index is 12.4. The molecule has 0 bridgehead atoms. The quantitative estimate of drug-likeness (QED) is 0.674. The Bertz CT molecular complexity index is 1070. The Morgan fingerprint density at radius 2 is 1.91 bits per heavy atom. The van der Waals surface area contributed by atoms with Crippen LogP contribution in [0.1, 0.15) is 11.1 Å². The van der Waals surface area contributed by atoms with Crippen molar-refractivity contribution in [3.63, 3.8) is 0 Å². The van der Waals surface area contributed by atoms with E-state index < -0.39 is 10.0 Å². The van der Waals surface area contributed by atoms with E-state index in [0.717, 1.165) is 16.5 Å². The number of aromatic hydroxyl groups is 1. The SMILES string of the molecule is O=S1(=O)Nc2ccc(O)cc2C1=Cc1ccnc2ccccc12. The third kappa shape index (κ3) is 2.24. The smallest absolute Gasteiger partial charge is 0.262 e. The topological polar surface area (TPSA) is 79.3 Å². The molecule has 3 aromatic rings. The summed E-state index contributed by atoms with van der Waals surface area (Å²) in [6.07, 6.45) is 3.25. The molecule has 0 amide bonds. The van der Waals surface area contributed by atoms with Gasteiger partial charge >= 0.3 is 0 Å². The molecule has 0 radical (unpaired) electrons. The highest BCUT2D eigenvalue weighted by Crippen LogP contribution is 2.40. The predicted octanol–water partition coefficient (Wildman–Crippen LogP) is 3.19. The number of phenols is 1. The summed E-state index contributed by atoms with van der Waals surface area (Å²) in [6, 6.07) is 13.7. The van der Waals surface area contributed by atoms with Gasteiger partial charge in [0.2, 0.25) is 0 Å². The molecule has 0 unspecified atom stereocenters. The van der Waals surface area contributed by atoms with E-state index in [2.05, 4.69) is 9.71 Å². The average molecular weight is 324 g/mol. The highest BCUT2D eigenvalue weighted by atomic mass is 32.2. The summed E-state index contributed by atoms with van der Waals surface area (Å²) in [7, 11) is -3.65. The molecule has 1 aliphatic heterocycles. The van der Waals surface area contributed by atoms with E-state index in [1.54, 1.807) is 24.4 Å². The molecule has 0 saturated heterocycles. The van der Waals surface area contributed by atoms with Crippen LogP contribution >= 0.6 is 0 Å². The number of nitrogens with zero attached hydrogens (tertiary/aromatic N) is 1. The van der Waals surface area contributed by atoms with Crippen LogP contribution in [0.5, 0.6) is 5.75 Å². The first-order valence-electron chi connectivity index (χ1n) is 6.96. The van der Waals surface area contributed by atoms with Gasteiger partial charge in [0.15, 0.2) is 0 Å². The second-order valence-electron chi connectivity index (χ2n) is 5.26. The van der Waals surface area contributed by atoms with Gasteiger partial charge in [0.1, 0.15) is 5.75 Å². The van der Waals surface area contributed by atoms with E-state index in [1.807, 2.05) is 24.3 Å². The summed E-state index contributed by atoms with van der Waals surface area (Å²) >= 11 is 0. The van der Waals surface area contributed by atoms with Crippen LogP contribution in [-0.4, -0.2) is 18.5 Å². The number of pyridine rings is 1. The van der Waals surface area contributed by atoms with Crippen molar-refractivity contribution in [3.05, 3.63) is 65.9 Å². The molecule has 0 atom stereocenters. The first kappa shape index (κ1) is 13.8. The van der Waals surface area contributed by atoms with Gasteiger partial charge in [-0.15, -0.1) is 0 Å². The van der Waals surface area contributed by atoms with Crippen molar-refractivity contribution in [3.8, 4) is 5.75 Å². The van der Waals surface area contributed by atoms with E-state index in [1.165, 1.54) is 12.1 Å². The van der Waals surface area contributed by atoms with Gasteiger partial charge in [0, 0.05) is 17.1 Å². The van der Waals surface area contributed by atoms with Crippen molar-refractivity contribution in [2.75, 3.05) is 4.72 Å². The number of para-hydroxylation sites is 1. The Balaban J connectivity index is 1.99. The largest absolute Gasteiger partial charge is 0.508 e. The lowest BCUT2D eigenvalue weighted by Gasteiger charge is -2.03. The number of phenolic OH excluding ortho intramolecular Hbond substituents is 1. The predicted molar refractivity (Wildman–Crippen MR) is 90.3 cm³/mol. The standard InChI is InChI=1S/C17H12N2O3S/c20-12-5-6-16-14(10-12)17(23(21,22)19-16)9-11-7-8-18-15-4-2-1-3-13(11)15/h1-10,19-20H. The first-order valence-corrected chi connectivity index (χ1v) is 8.44. The Hall–Kier alpha value is -2.86. The fraction of sp³-hybridized carbons (Fsp3) is 0. The molecule has 1 aliphatic rings. The monoisotopic (exact) mass is 324 g/mol. The van der Waals surface area contributed by atoms with Crippen molar-refractivity contribution < 1.29 is 13.5 Å². The van der Waals surface area contributed by atoms with E-state index >= 15 is 0 Å². The lowest BCUT2D eigenvalue weighted by molar-refractivity contribution is 0.475. The zero-order valence-corrected chi connectivity index (χ0v) is 12.7. The molecule has 1 aromatic heterocycles. The zero-order chi connectivity index (χ0) is 16.0. The van der Waals surface area contributed by atoms with Crippen LogP contribution < -0.4 is 4.72 Å². The third-order valence-electron chi connectivity index (χ3n) is 3.77. The van der Waals surface area contributed by atoms with Gasteiger partial charge in [-0.25, -0.2) is 8.42 Å². The van der Waals surface area contributed by atoms with Crippen LogP contribution in [0.4, 0.5) is 5.69 Å². The molecule has 0 aliphatic carbocycles. The highest BCUT2D eigenvalue weighted by molar-refractivity contribution is 8.02. The van der Waals surface area contributed by atoms with Crippen molar-refractivity contribution >= 4 is 37.6 Å². The normalized spacial score (nSPS) is 17.1. The molecule has 114 valence electrons. The van der Waals surface area contributed by atoms with Gasteiger partial charge in [-0.05, 0) is 42.0 Å². The minimum Gasteiger partial charge on any atom is -0.508 e. The minimum atomic E-state index is -3.65. The fourth-order valence-electron chi connectivity index (χ4n) is 2.71. The van der Waals surface area contributed by atoms with Crippen molar-refractivity contribution in [2.45, 2.75) is 0 Å². The van der Waals surface area contributed by atoms with E-state index in [-0.39, 0.29) is 10.7 Å². The Morgan fingerprint density at radius 3 is 2.78 bits per heavy atom. The molecule has 4 rings (SSSR count). The molecule has 6 heteroatoms. The summed E-state index contributed by atoms with van der Waals surface area (Å²) in [6.45, 7) is 0. The van der Waals surface area contributed by atoms with Gasteiger partial charge in [-0.3, -0.25) is 9.71 Å². The minimum absolute atomic E-state index is 0.0214. The second kappa shape index (κ2) is 4.82. The lowest BCUT2D eigenvalue weighted by Crippen LogP contribution is -2.05. The van der Waals surface area contributed by atoms with Crippen LogP contribution in [0, 0.1) is 0 Å². The highest BCUT2D eigenvalue weighted by Gasteiger charge is 2.30. The zero-order valence-electron chi connectivity index (χ0n) is 11.9. The first-order chi connectivity index (χ1) is 11.0. The molecular formula is C17H12N2O3S. The van der Waals surface area contributed by atoms with Crippen LogP contribution in [-0.2, 0) is 10.0 Å². The molecule has 2 N–H and O–H groups in total. The number of benzene rings is 2. The number of fused-ring (bicyclic) bond motifs is 2. The Morgan fingerprint density at radius 1 is 1.09 bits per heavy atom. The molecule has 23 heavy (non-hydrogen) atoms. The molecule has 0 fully saturated rings. The number of rotatable bonds is 1. The lowest BCUT2D eigenvalue weighted by atomic mass is 10.1. The molecule has 2 heterocycles. The fourth-order valence-corrected chi connectivity index (χ4v) is 4.03. The van der Waals surface area contributed by atoms with Crippen molar-refractivity contribution in [2.24, 2.45) is 0 Å².